The van der Waals surface area contributed by atoms with Gasteiger partial charge in [-0.25, -0.2) is 0 Å². The Labute approximate surface area is 171 Å². The maximum absolute atomic E-state index is 12.6. The van der Waals surface area contributed by atoms with Crippen molar-refractivity contribution < 1.29 is 15.0 Å². The van der Waals surface area contributed by atoms with Crippen LogP contribution in [0.3, 0.4) is 0 Å². The average Bonchev–Trinajstić information content (AvgIpc) is 2.74. The number of hydrogen-bond donors (Lipinski definition) is 2. The van der Waals surface area contributed by atoms with Crippen molar-refractivity contribution in [2.75, 3.05) is 6.54 Å². The van der Waals surface area contributed by atoms with Crippen LogP contribution in [0.25, 0.3) is 17.0 Å². The molecule has 0 radical (unpaired) electrons. The van der Waals surface area contributed by atoms with Crippen molar-refractivity contribution in [2.45, 2.75) is 13.0 Å². The summed E-state index contributed by atoms with van der Waals surface area (Å²) in [6.07, 6.45) is 5.38. The minimum absolute atomic E-state index is 0.0251. The molecular weight excluding hydrogens is 399 g/mol. The molecule has 142 valence electrons. The van der Waals surface area contributed by atoms with Gasteiger partial charge in [0.1, 0.15) is 0 Å². The summed E-state index contributed by atoms with van der Waals surface area (Å²) in [5.74, 6) is -1.06. The zero-order valence-electron chi connectivity index (χ0n) is 14.7. The monoisotopic (exact) mass is 414 g/mol. The van der Waals surface area contributed by atoms with E-state index in [2.05, 4.69) is 4.98 Å². The van der Waals surface area contributed by atoms with Gasteiger partial charge in [0.2, 0.25) is 5.91 Å². The van der Waals surface area contributed by atoms with Crippen LogP contribution in [0.15, 0.2) is 42.6 Å². The van der Waals surface area contributed by atoms with E-state index in [0.29, 0.717) is 24.1 Å². The van der Waals surface area contributed by atoms with Gasteiger partial charge < -0.3 is 15.1 Å². The summed E-state index contributed by atoms with van der Waals surface area (Å²) in [5, 5.41) is 20.9. The van der Waals surface area contributed by atoms with E-state index in [4.69, 9.17) is 23.2 Å². The lowest BCUT2D eigenvalue weighted by molar-refractivity contribution is -0.126. The quantitative estimate of drug-likeness (QED) is 0.476. The molecule has 1 aliphatic rings. The summed E-state index contributed by atoms with van der Waals surface area (Å²) in [6.45, 7) is 0.646. The van der Waals surface area contributed by atoms with Crippen molar-refractivity contribution in [3.63, 3.8) is 0 Å². The summed E-state index contributed by atoms with van der Waals surface area (Å²) in [7, 11) is 0. The molecule has 28 heavy (non-hydrogen) atoms. The third kappa shape index (κ3) is 3.28. The van der Waals surface area contributed by atoms with Gasteiger partial charge in [-0.1, -0.05) is 41.4 Å². The molecule has 2 aromatic carbocycles. The van der Waals surface area contributed by atoms with Crippen LogP contribution in [0.4, 0.5) is 0 Å². The van der Waals surface area contributed by atoms with Crippen molar-refractivity contribution >= 4 is 46.1 Å². The smallest absolute Gasteiger partial charge is 0.246 e. The summed E-state index contributed by atoms with van der Waals surface area (Å²) in [4.78, 5) is 18.6. The Morgan fingerprint density at radius 1 is 1.11 bits per heavy atom. The van der Waals surface area contributed by atoms with Gasteiger partial charge >= 0.3 is 0 Å². The molecule has 1 aromatic heterocycles. The number of benzene rings is 2. The van der Waals surface area contributed by atoms with Crippen LogP contribution in [-0.4, -0.2) is 32.5 Å². The number of fused-ring (bicyclic) bond motifs is 2. The fourth-order valence-electron chi connectivity index (χ4n) is 3.34. The van der Waals surface area contributed by atoms with E-state index in [1.54, 1.807) is 17.2 Å². The second kappa shape index (κ2) is 7.34. The molecule has 5 nitrogen and oxygen atoms in total. The van der Waals surface area contributed by atoms with Crippen molar-refractivity contribution in [2.24, 2.45) is 0 Å². The van der Waals surface area contributed by atoms with Gasteiger partial charge in [-0.15, -0.1) is 0 Å². The molecule has 1 amide bonds. The Bertz CT molecular complexity index is 1130. The van der Waals surface area contributed by atoms with Crippen LogP contribution in [0.2, 0.25) is 10.0 Å². The van der Waals surface area contributed by atoms with Crippen LogP contribution < -0.4 is 0 Å². The van der Waals surface area contributed by atoms with Gasteiger partial charge in [-0.2, -0.15) is 0 Å². The first-order chi connectivity index (χ1) is 13.5. The minimum Gasteiger partial charge on any atom is -0.503 e. The number of phenols is 2. The molecule has 4 rings (SSSR count). The minimum atomic E-state index is -0.461. The van der Waals surface area contributed by atoms with Crippen LogP contribution in [0, 0.1) is 0 Å². The number of halogens is 2. The number of pyridine rings is 1. The number of carbonyl (C=O) groups excluding carboxylic acids is 1. The van der Waals surface area contributed by atoms with Crippen molar-refractivity contribution in [3.8, 4) is 11.5 Å². The predicted octanol–water partition coefficient (Wildman–Crippen LogP) is 4.55. The summed E-state index contributed by atoms with van der Waals surface area (Å²) < 4.78 is 0. The highest BCUT2D eigenvalue weighted by Crippen LogP contribution is 2.46. The van der Waals surface area contributed by atoms with Gasteiger partial charge in [-0.05, 0) is 41.3 Å². The van der Waals surface area contributed by atoms with E-state index in [0.717, 1.165) is 16.5 Å². The van der Waals surface area contributed by atoms with Crippen LogP contribution in [0.1, 0.15) is 16.7 Å². The van der Waals surface area contributed by atoms with E-state index in [1.165, 1.54) is 6.08 Å². The Morgan fingerprint density at radius 2 is 1.82 bits per heavy atom. The van der Waals surface area contributed by atoms with Gasteiger partial charge in [0.15, 0.2) is 11.5 Å². The Balaban J connectivity index is 1.55. The Morgan fingerprint density at radius 3 is 2.61 bits per heavy atom. The van der Waals surface area contributed by atoms with Crippen LogP contribution in [-0.2, 0) is 17.8 Å². The van der Waals surface area contributed by atoms with Gasteiger partial charge in [0.25, 0.3) is 0 Å². The van der Waals surface area contributed by atoms with Crippen LogP contribution in [0.5, 0.6) is 11.5 Å². The number of nitrogens with zero attached hydrogens (tertiary/aromatic N) is 2. The second-order valence-electron chi connectivity index (χ2n) is 6.59. The standard InChI is InChI=1S/C21H16Cl2N2O3/c22-18-14-7-8-25(11-15(14)19(23)21(28)20(18)27)17(26)6-5-12-9-13-3-1-2-4-16(13)24-10-12/h1-6,9-10,27-28H,7-8,11H2/b6-5+. The molecule has 0 unspecified atom stereocenters. The molecule has 0 fully saturated rings. The van der Waals surface area contributed by atoms with Crippen LogP contribution >= 0.6 is 23.2 Å². The summed E-state index contributed by atoms with van der Waals surface area (Å²) >= 11 is 12.3. The average molecular weight is 415 g/mol. The third-order valence-corrected chi connectivity index (χ3v) is 5.67. The molecule has 0 spiro atoms. The summed E-state index contributed by atoms with van der Waals surface area (Å²) in [6, 6.07) is 9.74. The normalized spacial score (nSPS) is 13.9. The molecular formula is C21H16Cl2N2O3. The largest absolute Gasteiger partial charge is 0.503 e. The first kappa shape index (κ1) is 18.6. The second-order valence-corrected chi connectivity index (χ2v) is 7.34. The molecule has 2 N–H and O–H groups in total. The molecule has 0 atom stereocenters. The number of phenolic OH excluding ortho intramolecular Hbond substituents is 2. The number of amides is 1. The summed E-state index contributed by atoms with van der Waals surface area (Å²) in [5.41, 5.74) is 2.94. The SMILES string of the molecule is O=C(/C=C/c1cnc2ccccc2c1)N1CCc2c(Cl)c(O)c(O)c(Cl)c2C1. The lowest BCUT2D eigenvalue weighted by Crippen LogP contribution is -2.35. The zero-order chi connectivity index (χ0) is 19.8. The van der Waals surface area contributed by atoms with Gasteiger partial charge in [-0.3, -0.25) is 9.78 Å². The van der Waals surface area contributed by atoms with Gasteiger partial charge in [0, 0.05) is 30.7 Å². The molecule has 7 heteroatoms. The first-order valence-corrected chi connectivity index (χ1v) is 9.43. The van der Waals surface area contributed by atoms with Crippen molar-refractivity contribution in [3.05, 3.63) is 69.3 Å². The highest BCUT2D eigenvalue weighted by Gasteiger charge is 2.28. The lowest BCUT2D eigenvalue weighted by atomic mass is 9.98. The third-order valence-electron chi connectivity index (χ3n) is 4.86. The first-order valence-electron chi connectivity index (χ1n) is 8.68. The highest BCUT2D eigenvalue weighted by molar-refractivity contribution is 6.36. The number of para-hydroxylation sites is 1. The molecule has 3 aromatic rings. The van der Waals surface area contributed by atoms with E-state index in [1.807, 2.05) is 30.3 Å². The fraction of sp³-hybridized carbons (Fsp3) is 0.143. The molecule has 0 aliphatic carbocycles. The fourth-order valence-corrected chi connectivity index (χ4v) is 3.90. The van der Waals surface area contributed by atoms with E-state index >= 15 is 0 Å². The number of rotatable bonds is 2. The number of hydrogen-bond acceptors (Lipinski definition) is 4. The lowest BCUT2D eigenvalue weighted by Gasteiger charge is -2.30. The maximum Gasteiger partial charge on any atom is 0.246 e. The van der Waals surface area contributed by atoms with Crippen molar-refractivity contribution in [1.82, 2.24) is 9.88 Å². The molecule has 0 saturated carbocycles. The van der Waals surface area contributed by atoms with E-state index < -0.39 is 11.5 Å². The highest BCUT2D eigenvalue weighted by atomic mass is 35.5. The van der Waals surface area contributed by atoms with Crippen molar-refractivity contribution in [1.29, 1.82) is 0 Å². The molecule has 1 aliphatic heterocycles. The Kier molecular flexibility index (Phi) is 4.87. The molecule has 0 bridgehead atoms. The Hall–Kier alpha value is -2.76. The number of aromatic nitrogens is 1. The maximum atomic E-state index is 12.6. The van der Waals surface area contributed by atoms with Gasteiger partial charge in [0.05, 0.1) is 15.6 Å². The van der Waals surface area contributed by atoms with E-state index in [-0.39, 0.29) is 22.5 Å². The zero-order valence-corrected chi connectivity index (χ0v) is 16.2. The topological polar surface area (TPSA) is 73.7 Å². The molecule has 2 heterocycles. The molecule has 0 saturated heterocycles. The van der Waals surface area contributed by atoms with E-state index in [9.17, 15) is 15.0 Å². The number of carbonyl (C=O) groups is 1. The number of aromatic hydroxyl groups is 2. The predicted molar refractivity (Wildman–Crippen MR) is 110 cm³/mol.